The second kappa shape index (κ2) is 4.71. The van der Waals surface area contributed by atoms with Crippen LogP contribution < -0.4 is 0 Å². The number of alkyl halides is 3. The first-order valence-corrected chi connectivity index (χ1v) is 4.47. The van der Waals surface area contributed by atoms with Crippen LogP contribution in [0.4, 0.5) is 13.2 Å². The fraction of sp³-hybridized carbons (Fsp3) is 0.778. The lowest BCUT2D eigenvalue weighted by molar-refractivity contribution is -0.186. The molecule has 0 heterocycles. The topological polar surface area (TPSA) is 46.6 Å². The van der Waals surface area contributed by atoms with E-state index in [4.69, 9.17) is 4.74 Å². The maximum Gasteiger partial charge on any atom is 0.471 e. The maximum atomic E-state index is 11.9. The van der Waals surface area contributed by atoms with Gasteiger partial charge in [-0.15, -0.1) is 0 Å². The molecule has 0 saturated carbocycles. The molecule has 0 aliphatic heterocycles. The maximum absolute atomic E-state index is 11.9. The molecule has 0 radical (unpaired) electrons. The highest BCUT2D eigenvalue weighted by Gasteiger charge is 2.41. The average molecular weight is 241 g/mol. The smallest absolute Gasteiger partial charge is 0.459 e. The molecule has 0 atom stereocenters. The van der Waals surface area contributed by atoms with Gasteiger partial charge in [0.2, 0.25) is 0 Å². The van der Waals surface area contributed by atoms with E-state index >= 15 is 0 Å². The first-order chi connectivity index (χ1) is 6.93. The lowest BCUT2D eigenvalue weighted by Crippen LogP contribution is -2.42. The largest absolute Gasteiger partial charge is 0.471 e. The molecule has 0 aliphatic rings. The van der Waals surface area contributed by atoms with E-state index in [1.807, 2.05) is 0 Å². The Kier molecular flexibility index (Phi) is 4.34. The second-order valence-corrected chi connectivity index (χ2v) is 4.25. The van der Waals surface area contributed by atoms with E-state index in [-0.39, 0.29) is 4.90 Å². The number of hydrogen-bond acceptors (Lipinski definition) is 3. The fourth-order valence-corrected chi connectivity index (χ4v) is 0.856. The summed E-state index contributed by atoms with van der Waals surface area (Å²) in [7, 11) is 0.889. The first-order valence-electron chi connectivity index (χ1n) is 4.47. The van der Waals surface area contributed by atoms with Crippen LogP contribution >= 0.6 is 0 Å². The summed E-state index contributed by atoms with van der Waals surface area (Å²) in [6.07, 6.45) is -4.98. The van der Waals surface area contributed by atoms with Crippen molar-refractivity contribution < 1.29 is 27.5 Å². The van der Waals surface area contributed by atoms with Gasteiger partial charge >= 0.3 is 18.1 Å². The Morgan fingerprint density at radius 1 is 1.19 bits per heavy atom. The normalized spacial score (nSPS) is 12.2. The van der Waals surface area contributed by atoms with Crippen molar-refractivity contribution in [3.8, 4) is 0 Å². The van der Waals surface area contributed by atoms with Crippen molar-refractivity contribution in [2.45, 2.75) is 32.5 Å². The minimum Gasteiger partial charge on any atom is -0.459 e. The number of likely N-dealkylation sites (N-methyl/N-ethyl adjacent to an activating group) is 1. The van der Waals surface area contributed by atoms with Crippen molar-refractivity contribution >= 4 is 11.9 Å². The Morgan fingerprint density at radius 2 is 1.62 bits per heavy atom. The summed E-state index contributed by atoms with van der Waals surface area (Å²) >= 11 is 0. The quantitative estimate of drug-likeness (QED) is 0.685. The minimum absolute atomic E-state index is 0.272. The van der Waals surface area contributed by atoms with Gasteiger partial charge in [-0.05, 0) is 20.8 Å². The van der Waals surface area contributed by atoms with Crippen LogP contribution in [0, 0.1) is 0 Å². The summed E-state index contributed by atoms with van der Waals surface area (Å²) in [5, 5.41) is 0. The van der Waals surface area contributed by atoms with Crippen molar-refractivity contribution in [3.05, 3.63) is 0 Å². The van der Waals surface area contributed by atoms with Crippen molar-refractivity contribution in [3.63, 3.8) is 0 Å². The number of esters is 1. The van der Waals surface area contributed by atoms with Crippen LogP contribution in [0.2, 0.25) is 0 Å². The Hall–Kier alpha value is -1.27. The van der Waals surface area contributed by atoms with Gasteiger partial charge in [0.05, 0.1) is 0 Å². The lowest BCUT2D eigenvalue weighted by Gasteiger charge is -2.22. The number of rotatable bonds is 2. The Bertz CT molecular complexity index is 281. The molecule has 94 valence electrons. The van der Waals surface area contributed by atoms with Gasteiger partial charge in [-0.25, -0.2) is 0 Å². The van der Waals surface area contributed by atoms with E-state index in [0.29, 0.717) is 0 Å². The molecule has 0 aromatic heterocycles. The SMILES string of the molecule is CN(CC(=O)OC(C)(C)C)C(=O)C(F)(F)F. The minimum atomic E-state index is -4.98. The molecule has 0 aromatic carbocycles. The molecule has 0 N–H and O–H groups in total. The number of ether oxygens (including phenoxy) is 1. The molecule has 0 spiro atoms. The van der Waals surface area contributed by atoms with Crippen molar-refractivity contribution in [1.29, 1.82) is 0 Å². The Labute approximate surface area is 91.4 Å². The summed E-state index contributed by atoms with van der Waals surface area (Å²) < 4.78 is 40.6. The molecule has 0 bridgehead atoms. The van der Waals surface area contributed by atoms with Gasteiger partial charge in [0.25, 0.3) is 0 Å². The fourth-order valence-electron chi connectivity index (χ4n) is 0.856. The standard InChI is InChI=1S/C9H14F3NO3/c1-8(2,3)16-6(14)5-13(4)7(15)9(10,11)12/h5H2,1-4H3. The molecule has 1 amide bonds. The van der Waals surface area contributed by atoms with Gasteiger partial charge in [-0.3, -0.25) is 9.59 Å². The average Bonchev–Trinajstić information content (AvgIpc) is 1.96. The van der Waals surface area contributed by atoms with Crippen molar-refractivity contribution in [2.24, 2.45) is 0 Å². The van der Waals surface area contributed by atoms with Crippen LogP contribution in [0.3, 0.4) is 0 Å². The first kappa shape index (κ1) is 14.7. The molecule has 7 heteroatoms. The van der Waals surface area contributed by atoms with E-state index in [1.165, 1.54) is 0 Å². The van der Waals surface area contributed by atoms with E-state index in [0.717, 1.165) is 7.05 Å². The molecule has 0 aliphatic carbocycles. The van der Waals surface area contributed by atoms with E-state index < -0.39 is 30.2 Å². The zero-order valence-electron chi connectivity index (χ0n) is 9.51. The highest BCUT2D eigenvalue weighted by Crippen LogP contribution is 2.17. The zero-order chi connectivity index (χ0) is 13.1. The van der Waals surface area contributed by atoms with Gasteiger partial charge in [-0.1, -0.05) is 0 Å². The Morgan fingerprint density at radius 3 is 1.94 bits per heavy atom. The predicted molar refractivity (Wildman–Crippen MR) is 49.5 cm³/mol. The van der Waals surface area contributed by atoms with E-state index in [2.05, 4.69) is 0 Å². The zero-order valence-corrected chi connectivity index (χ0v) is 9.51. The van der Waals surface area contributed by atoms with Gasteiger partial charge in [0.15, 0.2) is 0 Å². The molecule has 0 aromatic rings. The monoisotopic (exact) mass is 241 g/mol. The summed E-state index contributed by atoms with van der Waals surface area (Å²) in [4.78, 5) is 22.0. The molecule has 16 heavy (non-hydrogen) atoms. The van der Waals surface area contributed by atoms with Crippen LogP contribution in [0.15, 0.2) is 0 Å². The van der Waals surface area contributed by atoms with E-state index in [9.17, 15) is 22.8 Å². The third-order valence-electron chi connectivity index (χ3n) is 1.38. The summed E-state index contributed by atoms with van der Waals surface area (Å²) in [5.41, 5.74) is -0.792. The third kappa shape index (κ3) is 5.57. The van der Waals surface area contributed by atoms with Gasteiger partial charge < -0.3 is 9.64 Å². The predicted octanol–water partition coefficient (Wildman–Crippen LogP) is 1.35. The summed E-state index contributed by atoms with van der Waals surface area (Å²) in [6, 6.07) is 0. The van der Waals surface area contributed by atoms with Crippen molar-refractivity contribution in [1.82, 2.24) is 4.90 Å². The van der Waals surface area contributed by atoms with Crippen molar-refractivity contribution in [2.75, 3.05) is 13.6 Å². The number of nitrogens with zero attached hydrogens (tertiary/aromatic N) is 1. The highest BCUT2D eigenvalue weighted by atomic mass is 19.4. The van der Waals surface area contributed by atoms with Crippen LogP contribution in [0.1, 0.15) is 20.8 Å². The van der Waals surface area contributed by atoms with Crippen LogP contribution in [-0.4, -0.2) is 42.1 Å². The molecule has 0 rings (SSSR count). The van der Waals surface area contributed by atoms with Crippen LogP contribution in [-0.2, 0) is 14.3 Å². The van der Waals surface area contributed by atoms with Crippen LogP contribution in [0.5, 0.6) is 0 Å². The van der Waals surface area contributed by atoms with Gasteiger partial charge in [0.1, 0.15) is 12.1 Å². The number of amides is 1. The molecular weight excluding hydrogens is 227 g/mol. The van der Waals surface area contributed by atoms with Crippen LogP contribution in [0.25, 0.3) is 0 Å². The van der Waals surface area contributed by atoms with Gasteiger partial charge in [-0.2, -0.15) is 13.2 Å². The number of carbonyl (C=O) groups is 2. The second-order valence-electron chi connectivity index (χ2n) is 4.25. The number of hydrogen-bond donors (Lipinski definition) is 0. The highest BCUT2D eigenvalue weighted by molar-refractivity contribution is 5.85. The third-order valence-corrected chi connectivity index (χ3v) is 1.38. The molecule has 0 unspecified atom stereocenters. The Balaban J connectivity index is 4.32. The molecule has 4 nitrogen and oxygen atoms in total. The number of halogens is 3. The molecule has 0 saturated heterocycles. The summed E-state index contributed by atoms with van der Waals surface area (Å²) in [5.74, 6) is -2.95. The molecular formula is C9H14F3NO3. The lowest BCUT2D eigenvalue weighted by atomic mass is 10.2. The number of carbonyl (C=O) groups excluding carboxylic acids is 2. The van der Waals surface area contributed by atoms with Gasteiger partial charge in [0, 0.05) is 7.05 Å². The van der Waals surface area contributed by atoms with E-state index in [1.54, 1.807) is 20.8 Å². The summed E-state index contributed by atoms with van der Waals surface area (Å²) in [6.45, 7) is 4.01. The molecule has 0 fully saturated rings.